The zero-order valence-electron chi connectivity index (χ0n) is 17.7. The largest absolute Gasteiger partial charge is 0.453 e. The highest BCUT2D eigenvalue weighted by molar-refractivity contribution is 5.95. The van der Waals surface area contributed by atoms with Crippen molar-refractivity contribution in [2.24, 2.45) is 11.3 Å². The predicted molar refractivity (Wildman–Crippen MR) is 110 cm³/mol. The fourth-order valence-corrected chi connectivity index (χ4v) is 6.02. The third-order valence-corrected chi connectivity index (χ3v) is 7.88. The van der Waals surface area contributed by atoms with Crippen LogP contribution in [0.1, 0.15) is 51.9 Å². The second-order valence-electron chi connectivity index (χ2n) is 9.61. The highest BCUT2D eigenvalue weighted by Crippen LogP contribution is 2.61. The molecule has 0 bridgehead atoms. The first-order chi connectivity index (χ1) is 14.0. The Kier molecular flexibility index (Phi) is 4.72. The average Bonchev–Trinajstić information content (AvgIpc) is 3.52. The number of hydrogen-bond donors (Lipinski definition) is 0. The molecule has 1 unspecified atom stereocenters. The van der Waals surface area contributed by atoms with Crippen LogP contribution in [0.4, 0.5) is 4.79 Å². The number of methoxy groups -OCH3 is 1. The van der Waals surface area contributed by atoms with Gasteiger partial charge < -0.3 is 19.4 Å². The Bertz CT molecular complexity index is 753. The first-order valence-electron chi connectivity index (χ1n) is 11.4. The molecule has 0 aromatic rings. The molecule has 158 valence electrons. The highest BCUT2D eigenvalue weighted by Gasteiger charge is 2.61. The number of rotatable bonds is 2. The molecule has 0 radical (unpaired) electrons. The number of hydrogen-bond acceptors (Lipinski definition) is 4. The topological polar surface area (TPSA) is 53.1 Å². The fourth-order valence-electron chi connectivity index (χ4n) is 6.02. The van der Waals surface area contributed by atoms with Crippen LogP contribution >= 0.6 is 0 Å². The minimum atomic E-state index is -0.205. The summed E-state index contributed by atoms with van der Waals surface area (Å²) in [4.78, 5) is 31.7. The number of ether oxygens (including phenoxy) is 1. The summed E-state index contributed by atoms with van der Waals surface area (Å²) in [6.07, 6.45) is 11.6. The van der Waals surface area contributed by atoms with E-state index in [0.29, 0.717) is 23.9 Å². The molecule has 29 heavy (non-hydrogen) atoms. The molecule has 6 heteroatoms. The molecule has 6 nitrogen and oxygen atoms in total. The van der Waals surface area contributed by atoms with E-state index in [4.69, 9.17) is 4.74 Å². The van der Waals surface area contributed by atoms with Crippen LogP contribution in [0.15, 0.2) is 23.4 Å². The van der Waals surface area contributed by atoms with Crippen molar-refractivity contribution in [2.45, 2.75) is 64.0 Å². The van der Waals surface area contributed by atoms with Crippen molar-refractivity contribution >= 4 is 12.0 Å². The Morgan fingerprint density at radius 2 is 1.72 bits per heavy atom. The van der Waals surface area contributed by atoms with E-state index in [0.717, 1.165) is 71.1 Å². The minimum absolute atomic E-state index is 0.149. The maximum Gasteiger partial charge on any atom is 0.409 e. The Hall–Kier alpha value is -1.82. The van der Waals surface area contributed by atoms with Gasteiger partial charge in [-0.25, -0.2) is 4.79 Å². The van der Waals surface area contributed by atoms with E-state index in [1.165, 1.54) is 18.4 Å². The van der Waals surface area contributed by atoms with E-state index in [1.54, 1.807) is 0 Å². The number of carbonyl (C=O) groups excluding carboxylic acids is 2. The van der Waals surface area contributed by atoms with Crippen molar-refractivity contribution in [3.63, 3.8) is 0 Å². The lowest BCUT2D eigenvalue weighted by Crippen LogP contribution is -2.52. The van der Waals surface area contributed by atoms with Crippen molar-refractivity contribution in [1.82, 2.24) is 14.7 Å². The van der Waals surface area contributed by atoms with E-state index >= 15 is 0 Å². The summed E-state index contributed by atoms with van der Waals surface area (Å²) in [6.45, 7) is 5.93. The standard InChI is InChI=1S/C23H33N3O3/c1-16-3-4-19-20(15-16)26(21(27)23(19)9-10-23)18-7-11-24(12-8-18)17-5-13-25(14-6-17)22(28)29-2/h3-4,16-18H,5-15H2,1-2H3. The van der Waals surface area contributed by atoms with Crippen LogP contribution in [0.3, 0.4) is 0 Å². The maximum absolute atomic E-state index is 13.4. The van der Waals surface area contributed by atoms with Gasteiger partial charge in [0, 0.05) is 44.0 Å². The van der Waals surface area contributed by atoms with Crippen LogP contribution in [0.2, 0.25) is 0 Å². The second-order valence-corrected chi connectivity index (χ2v) is 9.61. The summed E-state index contributed by atoms with van der Waals surface area (Å²) in [5.41, 5.74) is 2.54. The van der Waals surface area contributed by atoms with Gasteiger partial charge in [0.1, 0.15) is 0 Å². The van der Waals surface area contributed by atoms with Gasteiger partial charge in [0.25, 0.3) is 0 Å². The number of allylic oxidation sites excluding steroid dienone is 3. The summed E-state index contributed by atoms with van der Waals surface area (Å²) in [5, 5.41) is 0. The number of carbonyl (C=O) groups is 2. The summed E-state index contributed by atoms with van der Waals surface area (Å²) >= 11 is 0. The molecule has 5 rings (SSSR count). The molecular weight excluding hydrogens is 366 g/mol. The third-order valence-electron chi connectivity index (χ3n) is 7.88. The fraction of sp³-hybridized carbons (Fsp3) is 0.739. The van der Waals surface area contributed by atoms with Crippen LogP contribution < -0.4 is 0 Å². The van der Waals surface area contributed by atoms with Gasteiger partial charge in [-0.1, -0.05) is 19.1 Å². The Labute approximate surface area is 173 Å². The Morgan fingerprint density at radius 3 is 2.34 bits per heavy atom. The monoisotopic (exact) mass is 399 g/mol. The first-order valence-corrected chi connectivity index (χ1v) is 11.4. The quantitative estimate of drug-likeness (QED) is 0.716. The Balaban J connectivity index is 1.21. The lowest BCUT2D eigenvalue weighted by molar-refractivity contribution is -0.134. The third kappa shape index (κ3) is 3.11. The lowest BCUT2D eigenvalue weighted by atomic mass is 9.89. The molecule has 1 spiro atoms. The zero-order chi connectivity index (χ0) is 20.2. The van der Waals surface area contributed by atoms with Crippen LogP contribution in [0, 0.1) is 11.3 Å². The molecule has 1 saturated carbocycles. The molecule has 3 aliphatic heterocycles. The van der Waals surface area contributed by atoms with Crippen LogP contribution in [-0.2, 0) is 9.53 Å². The van der Waals surface area contributed by atoms with Gasteiger partial charge in [-0.3, -0.25) is 4.79 Å². The molecule has 0 aromatic heterocycles. The van der Waals surface area contributed by atoms with Gasteiger partial charge >= 0.3 is 6.09 Å². The zero-order valence-corrected chi connectivity index (χ0v) is 17.7. The maximum atomic E-state index is 13.4. The normalized spacial score (nSPS) is 30.3. The second kappa shape index (κ2) is 7.15. The number of amides is 2. The molecule has 5 aliphatic rings. The van der Waals surface area contributed by atoms with Gasteiger partial charge in [-0.2, -0.15) is 0 Å². The van der Waals surface area contributed by atoms with Gasteiger partial charge in [0.05, 0.1) is 12.5 Å². The van der Waals surface area contributed by atoms with Crippen molar-refractivity contribution < 1.29 is 14.3 Å². The number of likely N-dealkylation sites (tertiary alicyclic amines) is 2. The number of fused-ring (bicyclic) bond motifs is 1. The van der Waals surface area contributed by atoms with Crippen molar-refractivity contribution in [3.8, 4) is 0 Å². The average molecular weight is 400 g/mol. The first kappa shape index (κ1) is 19.2. The van der Waals surface area contributed by atoms with Gasteiger partial charge in [0.15, 0.2) is 0 Å². The SMILES string of the molecule is COC(=O)N1CCC(N2CCC(N3C(=O)C4(CC4)C4=C3CC(C)C=C4)CC2)CC1. The van der Waals surface area contributed by atoms with Crippen LogP contribution in [0.25, 0.3) is 0 Å². The number of piperidine rings is 2. The summed E-state index contributed by atoms with van der Waals surface area (Å²) in [5.74, 6) is 0.920. The van der Waals surface area contributed by atoms with Crippen LogP contribution in [-0.4, -0.2) is 72.1 Å². The molecule has 2 aliphatic carbocycles. The summed E-state index contributed by atoms with van der Waals surface area (Å²) < 4.78 is 4.85. The van der Waals surface area contributed by atoms with E-state index in [2.05, 4.69) is 28.9 Å². The highest BCUT2D eigenvalue weighted by atomic mass is 16.5. The summed E-state index contributed by atoms with van der Waals surface area (Å²) in [6, 6.07) is 0.908. The van der Waals surface area contributed by atoms with Gasteiger partial charge in [0.2, 0.25) is 5.91 Å². The van der Waals surface area contributed by atoms with E-state index < -0.39 is 0 Å². The number of nitrogens with zero attached hydrogens (tertiary/aromatic N) is 3. The van der Waals surface area contributed by atoms with E-state index in [1.807, 2.05) is 4.90 Å². The van der Waals surface area contributed by atoms with Gasteiger partial charge in [-0.15, -0.1) is 0 Å². The molecular formula is C23H33N3O3. The molecule has 3 heterocycles. The van der Waals surface area contributed by atoms with Gasteiger partial charge in [-0.05, 0) is 56.4 Å². The van der Waals surface area contributed by atoms with Crippen molar-refractivity contribution in [1.29, 1.82) is 0 Å². The van der Waals surface area contributed by atoms with Crippen molar-refractivity contribution in [3.05, 3.63) is 23.4 Å². The van der Waals surface area contributed by atoms with E-state index in [-0.39, 0.29) is 11.5 Å². The van der Waals surface area contributed by atoms with E-state index in [9.17, 15) is 9.59 Å². The predicted octanol–water partition coefficient (Wildman–Crippen LogP) is 3.15. The van der Waals surface area contributed by atoms with Crippen LogP contribution in [0.5, 0.6) is 0 Å². The van der Waals surface area contributed by atoms with Crippen molar-refractivity contribution in [2.75, 3.05) is 33.3 Å². The molecule has 2 saturated heterocycles. The molecule has 1 atom stereocenters. The summed E-state index contributed by atoms with van der Waals surface area (Å²) in [7, 11) is 1.45. The molecule has 3 fully saturated rings. The molecule has 0 aromatic carbocycles. The Morgan fingerprint density at radius 1 is 1.07 bits per heavy atom. The smallest absolute Gasteiger partial charge is 0.409 e. The minimum Gasteiger partial charge on any atom is -0.453 e. The molecule has 2 amide bonds. The molecule has 0 N–H and O–H groups in total. The lowest BCUT2D eigenvalue weighted by Gasteiger charge is -2.43.